The first kappa shape index (κ1) is 15.1. The maximum atomic E-state index is 6.01. The average Bonchev–Trinajstić information content (AvgIpc) is 2.29. The molecule has 1 atom stereocenters. The fourth-order valence-corrected chi connectivity index (χ4v) is 2.20. The molecule has 0 spiro atoms. The largest absolute Gasteiger partial charge is 0.493 e. The lowest BCUT2D eigenvalue weighted by atomic mass is 10.1. The molecule has 3 nitrogen and oxygen atoms in total. The van der Waals surface area contributed by atoms with Gasteiger partial charge in [-0.15, -0.1) is 0 Å². The van der Waals surface area contributed by atoms with Crippen LogP contribution in [-0.4, -0.2) is 13.2 Å². The molecule has 0 saturated carbocycles. The van der Waals surface area contributed by atoms with Crippen LogP contribution in [-0.2, 0) is 6.54 Å². The van der Waals surface area contributed by atoms with Gasteiger partial charge in [-0.2, -0.15) is 0 Å². The fraction of sp³-hybridized carbons (Fsp3) is 0.571. The third-order valence-electron chi connectivity index (χ3n) is 2.66. The quantitative estimate of drug-likeness (QED) is 0.859. The first-order chi connectivity index (χ1) is 8.47. The van der Waals surface area contributed by atoms with E-state index in [0.717, 1.165) is 12.0 Å². The van der Waals surface area contributed by atoms with Crippen molar-refractivity contribution >= 4 is 11.6 Å². The Morgan fingerprint density at radius 2 is 1.94 bits per heavy atom. The Hall–Kier alpha value is -0.930. The van der Waals surface area contributed by atoms with Gasteiger partial charge in [-0.05, 0) is 25.3 Å². The zero-order valence-corrected chi connectivity index (χ0v) is 12.3. The molecule has 2 N–H and O–H groups in total. The van der Waals surface area contributed by atoms with E-state index in [4.69, 9.17) is 26.8 Å². The molecule has 1 unspecified atom stereocenters. The van der Waals surface area contributed by atoms with Crippen molar-refractivity contribution in [1.29, 1.82) is 0 Å². The molecular weight excluding hydrogens is 250 g/mol. The van der Waals surface area contributed by atoms with Crippen molar-refractivity contribution in [2.75, 3.05) is 7.11 Å². The van der Waals surface area contributed by atoms with Crippen molar-refractivity contribution in [1.82, 2.24) is 0 Å². The molecule has 1 aromatic carbocycles. The van der Waals surface area contributed by atoms with E-state index in [1.807, 2.05) is 13.0 Å². The monoisotopic (exact) mass is 271 g/mol. The van der Waals surface area contributed by atoms with Gasteiger partial charge in [-0.1, -0.05) is 25.4 Å². The highest BCUT2D eigenvalue weighted by atomic mass is 35.5. The van der Waals surface area contributed by atoms with Crippen molar-refractivity contribution in [2.45, 2.75) is 39.8 Å². The van der Waals surface area contributed by atoms with Crippen LogP contribution in [0.3, 0.4) is 0 Å². The first-order valence-corrected chi connectivity index (χ1v) is 6.58. The predicted molar refractivity (Wildman–Crippen MR) is 75.4 cm³/mol. The lowest BCUT2D eigenvalue weighted by molar-refractivity contribution is 0.184. The zero-order chi connectivity index (χ0) is 13.7. The van der Waals surface area contributed by atoms with Crippen molar-refractivity contribution < 1.29 is 9.47 Å². The molecule has 0 bridgehead atoms. The topological polar surface area (TPSA) is 44.5 Å². The highest BCUT2D eigenvalue weighted by Crippen LogP contribution is 2.35. The second-order valence-corrected chi connectivity index (χ2v) is 5.29. The van der Waals surface area contributed by atoms with E-state index in [1.165, 1.54) is 0 Å². The van der Waals surface area contributed by atoms with Crippen LogP contribution in [0.2, 0.25) is 5.02 Å². The molecule has 0 aromatic heterocycles. The third kappa shape index (κ3) is 4.07. The summed E-state index contributed by atoms with van der Waals surface area (Å²) in [6.45, 7) is 6.76. The highest BCUT2D eigenvalue weighted by molar-refractivity contribution is 6.30. The molecule has 1 rings (SSSR count). The maximum absolute atomic E-state index is 6.01. The van der Waals surface area contributed by atoms with Gasteiger partial charge < -0.3 is 15.2 Å². The van der Waals surface area contributed by atoms with Crippen LogP contribution in [0.5, 0.6) is 11.5 Å². The molecule has 0 saturated heterocycles. The number of hydrogen-bond donors (Lipinski definition) is 1. The predicted octanol–water partition coefficient (Wildman–Crippen LogP) is 3.62. The number of methoxy groups -OCH3 is 1. The van der Waals surface area contributed by atoms with E-state index < -0.39 is 0 Å². The molecule has 1 aromatic rings. The van der Waals surface area contributed by atoms with Crippen molar-refractivity contribution in [2.24, 2.45) is 11.7 Å². The van der Waals surface area contributed by atoms with E-state index in [2.05, 4.69) is 13.8 Å². The second-order valence-electron chi connectivity index (χ2n) is 4.86. The van der Waals surface area contributed by atoms with Crippen LogP contribution in [0.25, 0.3) is 0 Å². The number of benzene rings is 1. The van der Waals surface area contributed by atoms with Gasteiger partial charge in [0.05, 0.1) is 13.2 Å². The summed E-state index contributed by atoms with van der Waals surface area (Å²) in [7, 11) is 1.60. The molecule has 0 heterocycles. The summed E-state index contributed by atoms with van der Waals surface area (Å²) < 4.78 is 11.3. The van der Waals surface area contributed by atoms with Gasteiger partial charge in [0.25, 0.3) is 0 Å². The molecule has 0 aliphatic heterocycles. The van der Waals surface area contributed by atoms with Gasteiger partial charge in [-0.3, -0.25) is 0 Å². The molecule has 0 fully saturated rings. The summed E-state index contributed by atoms with van der Waals surface area (Å²) >= 11 is 6.01. The van der Waals surface area contributed by atoms with Gasteiger partial charge in [-0.25, -0.2) is 0 Å². The molecule has 4 heteroatoms. The van der Waals surface area contributed by atoms with Crippen LogP contribution in [0.4, 0.5) is 0 Å². The second kappa shape index (κ2) is 6.86. The van der Waals surface area contributed by atoms with Gasteiger partial charge in [0.1, 0.15) is 0 Å². The average molecular weight is 272 g/mol. The summed E-state index contributed by atoms with van der Waals surface area (Å²) in [5, 5.41) is 0.608. The van der Waals surface area contributed by atoms with Crippen LogP contribution in [0.15, 0.2) is 12.1 Å². The SMILES string of the molecule is COc1cc(Cl)cc(CN)c1OC(C)CC(C)C. The Morgan fingerprint density at radius 1 is 1.28 bits per heavy atom. The van der Waals surface area contributed by atoms with E-state index in [9.17, 15) is 0 Å². The Balaban J connectivity index is 2.98. The lowest BCUT2D eigenvalue weighted by Gasteiger charge is -2.21. The summed E-state index contributed by atoms with van der Waals surface area (Å²) in [6, 6.07) is 3.57. The zero-order valence-electron chi connectivity index (χ0n) is 11.5. The standard InChI is InChI=1S/C14H22ClNO2/c1-9(2)5-10(3)18-14-11(8-16)6-12(15)7-13(14)17-4/h6-7,9-10H,5,8,16H2,1-4H3. The van der Waals surface area contributed by atoms with Gasteiger partial charge >= 0.3 is 0 Å². The van der Waals surface area contributed by atoms with Crippen LogP contribution in [0.1, 0.15) is 32.8 Å². The fourth-order valence-electron chi connectivity index (χ4n) is 1.97. The normalized spacial score (nSPS) is 12.6. The van der Waals surface area contributed by atoms with Gasteiger partial charge in [0.15, 0.2) is 11.5 Å². The molecule has 0 amide bonds. The first-order valence-electron chi connectivity index (χ1n) is 6.21. The van der Waals surface area contributed by atoms with E-state index in [0.29, 0.717) is 29.0 Å². The molecule has 0 aliphatic rings. The molecular formula is C14H22ClNO2. The molecule has 0 aliphatic carbocycles. The van der Waals surface area contributed by atoms with Crippen molar-refractivity contribution in [3.05, 3.63) is 22.7 Å². The highest BCUT2D eigenvalue weighted by Gasteiger charge is 2.15. The molecule has 102 valence electrons. The van der Waals surface area contributed by atoms with Crippen LogP contribution >= 0.6 is 11.6 Å². The minimum absolute atomic E-state index is 0.116. The number of nitrogens with two attached hydrogens (primary N) is 1. The number of rotatable bonds is 6. The summed E-state index contributed by atoms with van der Waals surface area (Å²) in [4.78, 5) is 0. The minimum atomic E-state index is 0.116. The summed E-state index contributed by atoms with van der Waals surface area (Å²) in [5.74, 6) is 1.93. The van der Waals surface area contributed by atoms with Crippen molar-refractivity contribution in [3.8, 4) is 11.5 Å². The Morgan fingerprint density at radius 3 is 2.44 bits per heavy atom. The number of hydrogen-bond acceptors (Lipinski definition) is 3. The van der Waals surface area contributed by atoms with E-state index in [-0.39, 0.29) is 6.10 Å². The minimum Gasteiger partial charge on any atom is -0.493 e. The number of ether oxygens (including phenoxy) is 2. The Bertz CT molecular complexity index is 368. The Kier molecular flexibility index (Phi) is 5.76. The van der Waals surface area contributed by atoms with Crippen LogP contribution in [0, 0.1) is 5.92 Å². The number of halogens is 1. The van der Waals surface area contributed by atoms with Gasteiger partial charge in [0.2, 0.25) is 0 Å². The third-order valence-corrected chi connectivity index (χ3v) is 2.88. The smallest absolute Gasteiger partial charge is 0.166 e. The lowest BCUT2D eigenvalue weighted by Crippen LogP contribution is -2.16. The Labute approximate surface area is 114 Å². The summed E-state index contributed by atoms with van der Waals surface area (Å²) in [6.07, 6.45) is 1.10. The van der Waals surface area contributed by atoms with Crippen LogP contribution < -0.4 is 15.2 Å². The maximum Gasteiger partial charge on any atom is 0.166 e. The van der Waals surface area contributed by atoms with E-state index >= 15 is 0 Å². The molecule has 18 heavy (non-hydrogen) atoms. The van der Waals surface area contributed by atoms with Crippen molar-refractivity contribution in [3.63, 3.8) is 0 Å². The summed E-state index contributed by atoms with van der Waals surface area (Å²) in [5.41, 5.74) is 6.60. The van der Waals surface area contributed by atoms with E-state index in [1.54, 1.807) is 13.2 Å². The van der Waals surface area contributed by atoms with Gasteiger partial charge in [0, 0.05) is 23.2 Å². The molecule has 0 radical (unpaired) electrons.